The van der Waals surface area contributed by atoms with E-state index in [-0.39, 0.29) is 5.91 Å². The SMILES string of the molecule is NNc1ccc(C(=O)NCC2CCCCS2)cc1. The zero-order valence-corrected chi connectivity index (χ0v) is 11.1. The van der Waals surface area contributed by atoms with Crippen molar-refractivity contribution in [3.05, 3.63) is 29.8 Å². The van der Waals surface area contributed by atoms with Gasteiger partial charge in [-0.25, -0.2) is 0 Å². The molecule has 1 heterocycles. The van der Waals surface area contributed by atoms with Crippen molar-refractivity contribution in [2.45, 2.75) is 24.5 Å². The minimum Gasteiger partial charge on any atom is -0.351 e. The van der Waals surface area contributed by atoms with E-state index in [1.807, 2.05) is 11.8 Å². The average molecular weight is 265 g/mol. The van der Waals surface area contributed by atoms with Crippen LogP contribution >= 0.6 is 11.8 Å². The van der Waals surface area contributed by atoms with E-state index in [0.29, 0.717) is 10.8 Å². The van der Waals surface area contributed by atoms with E-state index in [2.05, 4.69) is 10.7 Å². The van der Waals surface area contributed by atoms with Crippen molar-refractivity contribution < 1.29 is 4.79 Å². The van der Waals surface area contributed by atoms with E-state index >= 15 is 0 Å². The van der Waals surface area contributed by atoms with Crippen molar-refractivity contribution in [2.24, 2.45) is 5.84 Å². The number of benzene rings is 1. The molecular formula is C13H19N3OS. The van der Waals surface area contributed by atoms with Crippen LogP contribution in [0, 0.1) is 0 Å². The first kappa shape index (κ1) is 13.2. The molecule has 0 aromatic heterocycles. The Kier molecular flexibility index (Phi) is 4.90. The van der Waals surface area contributed by atoms with Gasteiger partial charge in [0.2, 0.25) is 0 Å². The maximum absolute atomic E-state index is 11.9. The fourth-order valence-electron chi connectivity index (χ4n) is 1.99. The smallest absolute Gasteiger partial charge is 0.251 e. The Bertz CT molecular complexity index is 388. The van der Waals surface area contributed by atoms with Gasteiger partial charge in [-0.05, 0) is 42.9 Å². The van der Waals surface area contributed by atoms with Crippen LogP contribution in [0.3, 0.4) is 0 Å². The lowest BCUT2D eigenvalue weighted by Gasteiger charge is -2.21. The topological polar surface area (TPSA) is 67.1 Å². The molecule has 4 nitrogen and oxygen atoms in total. The number of rotatable bonds is 4. The van der Waals surface area contributed by atoms with Gasteiger partial charge in [0.1, 0.15) is 0 Å². The number of hydrogen-bond acceptors (Lipinski definition) is 4. The molecule has 5 heteroatoms. The van der Waals surface area contributed by atoms with Crippen LogP contribution in [0.25, 0.3) is 0 Å². The lowest BCUT2D eigenvalue weighted by atomic mass is 10.1. The molecule has 0 spiro atoms. The zero-order valence-electron chi connectivity index (χ0n) is 10.3. The van der Waals surface area contributed by atoms with Crippen molar-refractivity contribution >= 4 is 23.4 Å². The van der Waals surface area contributed by atoms with E-state index < -0.39 is 0 Å². The number of carbonyl (C=O) groups excluding carboxylic acids is 1. The number of hydrazine groups is 1. The van der Waals surface area contributed by atoms with Crippen LogP contribution in [0.15, 0.2) is 24.3 Å². The Morgan fingerprint density at radius 2 is 2.11 bits per heavy atom. The van der Waals surface area contributed by atoms with E-state index in [1.165, 1.54) is 25.0 Å². The number of anilines is 1. The van der Waals surface area contributed by atoms with Crippen molar-refractivity contribution in [3.8, 4) is 0 Å². The van der Waals surface area contributed by atoms with Gasteiger partial charge < -0.3 is 10.7 Å². The number of amides is 1. The van der Waals surface area contributed by atoms with Crippen LogP contribution in [-0.4, -0.2) is 23.5 Å². The van der Waals surface area contributed by atoms with E-state index in [9.17, 15) is 4.79 Å². The summed E-state index contributed by atoms with van der Waals surface area (Å²) in [6.07, 6.45) is 3.80. The van der Waals surface area contributed by atoms with Crippen molar-refractivity contribution in [1.29, 1.82) is 0 Å². The van der Waals surface area contributed by atoms with E-state index in [4.69, 9.17) is 5.84 Å². The van der Waals surface area contributed by atoms with Crippen LogP contribution < -0.4 is 16.6 Å². The predicted octanol–water partition coefficient (Wildman–Crippen LogP) is 1.99. The summed E-state index contributed by atoms with van der Waals surface area (Å²) in [7, 11) is 0. The number of hydrogen-bond donors (Lipinski definition) is 3. The molecule has 1 aliphatic heterocycles. The summed E-state index contributed by atoms with van der Waals surface area (Å²) in [6, 6.07) is 7.14. The van der Waals surface area contributed by atoms with Gasteiger partial charge in [-0.1, -0.05) is 6.42 Å². The molecule has 1 amide bonds. The Labute approximate surface area is 112 Å². The first-order chi connectivity index (χ1) is 8.79. The summed E-state index contributed by atoms with van der Waals surface area (Å²) in [5.74, 6) is 6.49. The van der Waals surface area contributed by atoms with Gasteiger partial charge in [-0.3, -0.25) is 10.6 Å². The van der Waals surface area contributed by atoms with Crippen LogP contribution in [0.4, 0.5) is 5.69 Å². The van der Waals surface area contributed by atoms with E-state index in [0.717, 1.165) is 12.2 Å². The molecule has 0 radical (unpaired) electrons. The van der Waals surface area contributed by atoms with Crippen LogP contribution in [0.1, 0.15) is 29.6 Å². The Morgan fingerprint density at radius 1 is 1.33 bits per heavy atom. The van der Waals surface area contributed by atoms with Gasteiger partial charge in [0, 0.05) is 23.0 Å². The highest BCUT2D eigenvalue weighted by molar-refractivity contribution is 7.99. The quantitative estimate of drug-likeness (QED) is 0.575. The fourth-order valence-corrected chi connectivity index (χ4v) is 3.23. The molecule has 1 atom stereocenters. The number of nitrogen functional groups attached to an aromatic ring is 1. The predicted molar refractivity (Wildman–Crippen MR) is 76.7 cm³/mol. The number of thioether (sulfide) groups is 1. The van der Waals surface area contributed by atoms with Gasteiger partial charge in [0.25, 0.3) is 5.91 Å². The summed E-state index contributed by atoms with van der Waals surface area (Å²) in [5.41, 5.74) is 4.02. The second-order valence-electron chi connectivity index (χ2n) is 4.42. The minimum absolute atomic E-state index is 0.00950. The van der Waals surface area contributed by atoms with Gasteiger partial charge in [0.15, 0.2) is 0 Å². The van der Waals surface area contributed by atoms with Gasteiger partial charge in [-0.2, -0.15) is 11.8 Å². The highest BCUT2D eigenvalue weighted by Crippen LogP contribution is 2.24. The lowest BCUT2D eigenvalue weighted by molar-refractivity contribution is 0.0953. The highest BCUT2D eigenvalue weighted by atomic mass is 32.2. The molecule has 2 rings (SSSR count). The number of nitrogens with two attached hydrogens (primary N) is 1. The maximum atomic E-state index is 11.9. The lowest BCUT2D eigenvalue weighted by Crippen LogP contribution is -2.31. The molecule has 0 aliphatic carbocycles. The third-order valence-corrected chi connectivity index (χ3v) is 4.48. The molecular weight excluding hydrogens is 246 g/mol. The third kappa shape index (κ3) is 3.65. The first-order valence-corrected chi connectivity index (χ1v) is 7.31. The number of carbonyl (C=O) groups is 1. The summed E-state index contributed by atoms with van der Waals surface area (Å²) < 4.78 is 0. The molecule has 1 aliphatic rings. The molecule has 1 fully saturated rings. The Balaban J connectivity index is 1.82. The van der Waals surface area contributed by atoms with Crippen LogP contribution in [0.5, 0.6) is 0 Å². The van der Waals surface area contributed by atoms with Crippen LogP contribution in [-0.2, 0) is 0 Å². The number of nitrogens with one attached hydrogen (secondary N) is 2. The molecule has 1 aromatic rings. The fraction of sp³-hybridized carbons (Fsp3) is 0.462. The maximum Gasteiger partial charge on any atom is 0.251 e. The van der Waals surface area contributed by atoms with Crippen molar-refractivity contribution in [3.63, 3.8) is 0 Å². The Hall–Kier alpha value is -1.20. The largest absolute Gasteiger partial charge is 0.351 e. The van der Waals surface area contributed by atoms with Crippen molar-refractivity contribution in [1.82, 2.24) is 5.32 Å². The average Bonchev–Trinajstić information content (AvgIpc) is 2.46. The second kappa shape index (κ2) is 6.66. The second-order valence-corrected chi connectivity index (χ2v) is 5.83. The van der Waals surface area contributed by atoms with Crippen molar-refractivity contribution in [2.75, 3.05) is 17.7 Å². The molecule has 4 N–H and O–H groups in total. The summed E-state index contributed by atoms with van der Waals surface area (Å²) in [5, 5.41) is 3.57. The summed E-state index contributed by atoms with van der Waals surface area (Å²) in [6.45, 7) is 0.764. The van der Waals surface area contributed by atoms with Gasteiger partial charge in [0.05, 0.1) is 0 Å². The molecule has 0 saturated carbocycles. The summed E-state index contributed by atoms with van der Waals surface area (Å²) >= 11 is 1.97. The highest BCUT2D eigenvalue weighted by Gasteiger charge is 2.15. The van der Waals surface area contributed by atoms with Crippen LogP contribution in [0.2, 0.25) is 0 Å². The molecule has 18 heavy (non-hydrogen) atoms. The normalized spacial score (nSPS) is 19.3. The standard InChI is InChI=1S/C13H19N3OS/c14-16-11-6-4-10(5-7-11)13(17)15-9-12-3-1-2-8-18-12/h4-7,12,16H,1-3,8-9,14H2,(H,15,17). The summed E-state index contributed by atoms with van der Waals surface area (Å²) in [4.78, 5) is 11.9. The molecule has 1 saturated heterocycles. The molecule has 0 bridgehead atoms. The minimum atomic E-state index is -0.00950. The zero-order chi connectivity index (χ0) is 12.8. The molecule has 1 aromatic carbocycles. The Morgan fingerprint density at radius 3 is 2.72 bits per heavy atom. The first-order valence-electron chi connectivity index (χ1n) is 6.26. The van der Waals surface area contributed by atoms with E-state index in [1.54, 1.807) is 24.3 Å². The van der Waals surface area contributed by atoms with Gasteiger partial charge in [-0.15, -0.1) is 0 Å². The van der Waals surface area contributed by atoms with Gasteiger partial charge >= 0.3 is 0 Å². The molecule has 98 valence electrons. The molecule has 1 unspecified atom stereocenters. The third-order valence-electron chi connectivity index (χ3n) is 3.08. The monoisotopic (exact) mass is 265 g/mol.